The number of nitriles is 1. The third kappa shape index (κ3) is 4.27. The van der Waals surface area contributed by atoms with Crippen LogP contribution in [0, 0.1) is 11.3 Å². The van der Waals surface area contributed by atoms with Gasteiger partial charge in [0.25, 0.3) is 0 Å². The summed E-state index contributed by atoms with van der Waals surface area (Å²) in [7, 11) is 1.52. The van der Waals surface area contributed by atoms with Gasteiger partial charge in [-0.25, -0.2) is 9.78 Å². The topological polar surface area (TPSA) is 81.4 Å². The van der Waals surface area contributed by atoms with E-state index < -0.39 is 11.6 Å². The number of pyridine rings is 1. The van der Waals surface area contributed by atoms with Crippen molar-refractivity contribution in [1.29, 1.82) is 5.26 Å². The number of hydrogen-bond donors (Lipinski definition) is 0. The van der Waals surface area contributed by atoms with Gasteiger partial charge in [-0.05, 0) is 61.4 Å². The maximum Gasteiger partial charge on any atom is 0.340 e. The summed E-state index contributed by atoms with van der Waals surface area (Å²) < 4.78 is 16.9. The Morgan fingerprint density at radius 2 is 1.72 bits per heavy atom. The number of cyclic esters (lactones) is 1. The smallest absolute Gasteiger partial charge is 0.340 e. The second kappa shape index (κ2) is 9.20. The van der Waals surface area contributed by atoms with E-state index in [1.54, 1.807) is 12.1 Å². The molecule has 0 fully saturated rings. The van der Waals surface area contributed by atoms with Crippen LogP contribution in [0.1, 0.15) is 36.2 Å². The average Bonchev–Trinajstić information content (AvgIpc) is 3.14. The number of ether oxygens (including phenoxy) is 3. The molecule has 1 aromatic heterocycles. The summed E-state index contributed by atoms with van der Waals surface area (Å²) in [5, 5.41) is 10.6. The first-order valence-corrected chi connectivity index (χ1v) is 11.5. The minimum atomic E-state index is -0.856. The summed E-state index contributed by atoms with van der Waals surface area (Å²) in [5.74, 6) is 0.741. The lowest BCUT2D eigenvalue weighted by molar-refractivity contribution is -0.141. The monoisotopic (exact) mass is 476 g/mol. The molecule has 6 heteroatoms. The van der Waals surface area contributed by atoms with Crippen LogP contribution in [0.5, 0.6) is 11.5 Å². The highest BCUT2D eigenvalue weighted by Crippen LogP contribution is 2.44. The van der Waals surface area contributed by atoms with Crippen LogP contribution < -0.4 is 9.47 Å². The normalized spacial score (nSPS) is 14.4. The number of fused-ring (bicyclic) bond motifs is 1. The molecule has 1 aliphatic heterocycles. The van der Waals surface area contributed by atoms with Gasteiger partial charge in [0.15, 0.2) is 0 Å². The minimum absolute atomic E-state index is 0.329. The minimum Gasteiger partial charge on any atom is -0.495 e. The molecule has 0 radical (unpaired) electrons. The van der Waals surface area contributed by atoms with E-state index in [-0.39, 0.29) is 0 Å². The molecule has 6 nitrogen and oxygen atoms in total. The largest absolute Gasteiger partial charge is 0.495 e. The number of esters is 1. The molecule has 0 amide bonds. The molecular formula is C30H24N2O4. The molecular weight excluding hydrogens is 452 g/mol. The van der Waals surface area contributed by atoms with E-state index in [2.05, 4.69) is 11.1 Å². The van der Waals surface area contributed by atoms with Crippen molar-refractivity contribution in [3.05, 3.63) is 101 Å². The van der Waals surface area contributed by atoms with Gasteiger partial charge < -0.3 is 14.2 Å². The standard InChI is InChI=1S/C30H24N2O4/c1-30(2)28(21-11-15-26(34-3)22(16-21)17-31)27(29(33)36-30)20-9-13-24(14-10-20)35-18-23-12-8-19-6-4-5-7-25(19)32-23/h4-16H,18H2,1-3H3. The summed E-state index contributed by atoms with van der Waals surface area (Å²) in [6.45, 7) is 4.02. The predicted molar refractivity (Wildman–Crippen MR) is 137 cm³/mol. The molecule has 0 spiro atoms. The molecule has 178 valence electrons. The number of rotatable bonds is 6. The van der Waals surface area contributed by atoms with Gasteiger partial charge in [-0.2, -0.15) is 5.26 Å². The Kier molecular flexibility index (Phi) is 5.91. The Hall–Kier alpha value is -4.63. The van der Waals surface area contributed by atoms with Crippen molar-refractivity contribution in [3.63, 3.8) is 0 Å². The molecule has 0 N–H and O–H groups in total. The number of para-hydroxylation sites is 1. The lowest BCUT2D eigenvalue weighted by Gasteiger charge is -2.22. The molecule has 0 unspecified atom stereocenters. The summed E-state index contributed by atoms with van der Waals surface area (Å²) in [5.41, 5.74) is 3.93. The van der Waals surface area contributed by atoms with Crippen molar-refractivity contribution in [3.8, 4) is 17.6 Å². The summed E-state index contributed by atoms with van der Waals surface area (Å²) in [6, 6.07) is 26.7. The average molecular weight is 477 g/mol. The number of benzene rings is 3. The molecule has 0 aliphatic carbocycles. The maximum atomic E-state index is 12.9. The number of carbonyl (C=O) groups excluding carboxylic acids is 1. The fourth-order valence-corrected chi connectivity index (χ4v) is 4.51. The van der Waals surface area contributed by atoms with Crippen molar-refractivity contribution in [2.75, 3.05) is 7.11 Å². The van der Waals surface area contributed by atoms with Crippen LogP contribution in [0.25, 0.3) is 22.0 Å². The van der Waals surface area contributed by atoms with Gasteiger partial charge in [-0.15, -0.1) is 0 Å². The van der Waals surface area contributed by atoms with Gasteiger partial charge in [0.1, 0.15) is 29.8 Å². The van der Waals surface area contributed by atoms with Crippen LogP contribution in [-0.4, -0.2) is 23.7 Å². The fourth-order valence-electron chi connectivity index (χ4n) is 4.51. The van der Waals surface area contributed by atoms with E-state index in [4.69, 9.17) is 14.2 Å². The number of hydrogen-bond acceptors (Lipinski definition) is 6. The van der Waals surface area contributed by atoms with Crippen molar-refractivity contribution >= 4 is 28.0 Å². The summed E-state index contributed by atoms with van der Waals surface area (Å²) in [4.78, 5) is 17.6. The third-order valence-corrected chi connectivity index (χ3v) is 6.20. The highest BCUT2D eigenvalue weighted by molar-refractivity contribution is 6.28. The van der Waals surface area contributed by atoms with Crippen molar-refractivity contribution < 1.29 is 19.0 Å². The van der Waals surface area contributed by atoms with Crippen LogP contribution in [0.15, 0.2) is 78.9 Å². The molecule has 2 heterocycles. The highest BCUT2D eigenvalue weighted by atomic mass is 16.6. The summed E-state index contributed by atoms with van der Waals surface area (Å²) in [6.07, 6.45) is 0. The Balaban J connectivity index is 1.44. The molecule has 5 rings (SSSR count). The first-order chi connectivity index (χ1) is 17.4. The third-order valence-electron chi connectivity index (χ3n) is 6.20. The first-order valence-electron chi connectivity index (χ1n) is 11.5. The molecule has 1 aliphatic rings. The highest BCUT2D eigenvalue weighted by Gasteiger charge is 2.41. The Morgan fingerprint density at radius 1 is 0.972 bits per heavy atom. The van der Waals surface area contributed by atoms with Crippen LogP contribution in [0.3, 0.4) is 0 Å². The van der Waals surface area contributed by atoms with Gasteiger partial charge in [-0.3, -0.25) is 0 Å². The van der Waals surface area contributed by atoms with Crippen LogP contribution in [0.4, 0.5) is 0 Å². The Morgan fingerprint density at radius 3 is 2.47 bits per heavy atom. The van der Waals surface area contributed by atoms with E-state index in [9.17, 15) is 10.1 Å². The van der Waals surface area contributed by atoms with Crippen LogP contribution in [-0.2, 0) is 16.1 Å². The zero-order valence-electron chi connectivity index (χ0n) is 20.2. The second-order valence-corrected chi connectivity index (χ2v) is 8.99. The fraction of sp³-hybridized carbons (Fsp3) is 0.167. The van der Waals surface area contributed by atoms with E-state index in [1.165, 1.54) is 7.11 Å². The molecule has 0 atom stereocenters. The van der Waals surface area contributed by atoms with Gasteiger partial charge in [0.05, 0.1) is 29.5 Å². The van der Waals surface area contributed by atoms with Crippen LogP contribution in [0.2, 0.25) is 0 Å². The maximum absolute atomic E-state index is 12.9. The van der Waals surface area contributed by atoms with Gasteiger partial charge >= 0.3 is 5.97 Å². The van der Waals surface area contributed by atoms with E-state index in [0.29, 0.717) is 34.8 Å². The zero-order valence-corrected chi connectivity index (χ0v) is 20.2. The van der Waals surface area contributed by atoms with E-state index in [0.717, 1.165) is 27.7 Å². The zero-order chi connectivity index (χ0) is 25.3. The number of carbonyl (C=O) groups is 1. The number of methoxy groups -OCH3 is 1. The molecule has 0 saturated carbocycles. The van der Waals surface area contributed by atoms with Gasteiger partial charge in [0.2, 0.25) is 0 Å². The van der Waals surface area contributed by atoms with Crippen molar-refractivity contribution in [2.24, 2.45) is 0 Å². The van der Waals surface area contributed by atoms with Crippen LogP contribution >= 0.6 is 0 Å². The SMILES string of the molecule is COc1ccc(C2=C(c3ccc(OCc4ccc5ccccc5n4)cc3)C(=O)OC2(C)C)cc1C#N. The predicted octanol–water partition coefficient (Wildman–Crippen LogP) is 5.94. The number of nitrogens with zero attached hydrogens (tertiary/aromatic N) is 2. The van der Waals surface area contributed by atoms with Crippen molar-refractivity contribution in [2.45, 2.75) is 26.1 Å². The molecule has 3 aromatic carbocycles. The van der Waals surface area contributed by atoms with Gasteiger partial charge in [-0.1, -0.05) is 42.5 Å². The first kappa shape index (κ1) is 23.1. The Bertz CT molecular complexity index is 1550. The van der Waals surface area contributed by atoms with Gasteiger partial charge in [0, 0.05) is 11.0 Å². The molecule has 0 bridgehead atoms. The molecule has 4 aromatic rings. The van der Waals surface area contributed by atoms with E-state index in [1.807, 2.05) is 80.6 Å². The molecule has 0 saturated heterocycles. The lowest BCUT2D eigenvalue weighted by atomic mass is 9.86. The molecule has 36 heavy (non-hydrogen) atoms. The quantitative estimate of drug-likeness (QED) is 0.320. The van der Waals surface area contributed by atoms with E-state index >= 15 is 0 Å². The van der Waals surface area contributed by atoms with Crippen molar-refractivity contribution in [1.82, 2.24) is 4.98 Å². The summed E-state index contributed by atoms with van der Waals surface area (Å²) >= 11 is 0. The second-order valence-electron chi connectivity index (χ2n) is 8.99. The lowest BCUT2D eigenvalue weighted by Crippen LogP contribution is -2.22. The number of aromatic nitrogens is 1. The Labute approximate surface area is 209 Å².